The molecular weight excluding hydrogens is 391 g/mol. The zero-order chi connectivity index (χ0) is 21.4. The van der Waals surface area contributed by atoms with Crippen LogP contribution in [-0.4, -0.2) is 60.9 Å². The van der Waals surface area contributed by atoms with Crippen LogP contribution < -0.4 is 9.47 Å². The van der Waals surface area contributed by atoms with Crippen LogP contribution in [0.3, 0.4) is 0 Å². The molecule has 1 atom stereocenters. The number of carbonyl (C=O) groups excluding carboxylic acids is 1. The second kappa shape index (κ2) is 10.1. The summed E-state index contributed by atoms with van der Waals surface area (Å²) in [6.07, 6.45) is 4.42. The molecule has 2 aliphatic heterocycles. The molecule has 0 aliphatic carbocycles. The first kappa shape index (κ1) is 22.4. The van der Waals surface area contributed by atoms with Crippen molar-refractivity contribution in [3.05, 3.63) is 54.2 Å². The first-order chi connectivity index (χ1) is 13.8. The molecule has 1 aromatic heterocycles. The van der Waals surface area contributed by atoms with E-state index in [4.69, 9.17) is 9.47 Å². The molecule has 7 nitrogen and oxygen atoms in total. The van der Waals surface area contributed by atoms with Crippen molar-refractivity contribution in [1.29, 1.82) is 0 Å². The lowest BCUT2D eigenvalue weighted by Crippen LogP contribution is -2.37. The van der Waals surface area contributed by atoms with Gasteiger partial charge in [-0.15, -0.1) is 0 Å². The van der Waals surface area contributed by atoms with Gasteiger partial charge in [0.1, 0.15) is 18.1 Å². The SMILES string of the molecule is CCOC.CN1C(C=O)C=C2C=C(Oc3ncccc3OCC(F)(F)F)C=CN21. The third kappa shape index (κ3) is 6.33. The van der Waals surface area contributed by atoms with Crippen molar-refractivity contribution in [2.45, 2.75) is 19.1 Å². The number of rotatable bonds is 6. The lowest BCUT2D eigenvalue weighted by atomic mass is 10.2. The molecule has 0 amide bonds. The van der Waals surface area contributed by atoms with Crippen LogP contribution in [-0.2, 0) is 9.53 Å². The van der Waals surface area contributed by atoms with Gasteiger partial charge >= 0.3 is 6.18 Å². The summed E-state index contributed by atoms with van der Waals surface area (Å²) >= 11 is 0. The Morgan fingerprint density at radius 2 is 2.07 bits per heavy atom. The number of hydrogen-bond acceptors (Lipinski definition) is 7. The largest absolute Gasteiger partial charge is 0.478 e. The number of halogens is 3. The van der Waals surface area contributed by atoms with Crippen molar-refractivity contribution < 1.29 is 32.2 Å². The van der Waals surface area contributed by atoms with E-state index in [1.165, 1.54) is 18.3 Å². The van der Waals surface area contributed by atoms with Gasteiger partial charge in [0.15, 0.2) is 12.4 Å². The van der Waals surface area contributed by atoms with E-state index >= 15 is 0 Å². The minimum absolute atomic E-state index is 0.0741. The van der Waals surface area contributed by atoms with Gasteiger partial charge < -0.3 is 19.0 Å². The molecule has 3 heterocycles. The van der Waals surface area contributed by atoms with E-state index < -0.39 is 18.8 Å². The maximum atomic E-state index is 12.3. The number of fused-ring (bicyclic) bond motifs is 1. The zero-order valence-corrected chi connectivity index (χ0v) is 16.2. The fraction of sp³-hybridized carbons (Fsp3) is 0.368. The van der Waals surface area contributed by atoms with Crippen molar-refractivity contribution >= 4 is 6.29 Å². The summed E-state index contributed by atoms with van der Waals surface area (Å²) in [6, 6.07) is 2.41. The molecule has 0 bridgehead atoms. The predicted molar refractivity (Wildman–Crippen MR) is 98.7 cm³/mol. The average molecular weight is 413 g/mol. The van der Waals surface area contributed by atoms with Crippen molar-refractivity contribution in [3.63, 3.8) is 0 Å². The molecular formula is C19H22F3N3O4. The second-order valence-electron chi connectivity index (χ2n) is 5.89. The van der Waals surface area contributed by atoms with Crippen LogP contribution in [0.15, 0.2) is 54.2 Å². The maximum absolute atomic E-state index is 12.3. The number of alkyl halides is 3. The molecule has 0 fully saturated rings. The first-order valence-electron chi connectivity index (χ1n) is 8.69. The number of hydrogen-bond donors (Lipinski definition) is 0. The fourth-order valence-corrected chi connectivity index (χ4v) is 2.35. The number of ether oxygens (including phenoxy) is 3. The van der Waals surface area contributed by atoms with E-state index in [0.29, 0.717) is 11.5 Å². The molecule has 0 spiro atoms. The number of likely N-dealkylation sites (N-methyl/N-ethyl adjacent to an activating group) is 1. The van der Waals surface area contributed by atoms with Crippen LogP contribution in [0.1, 0.15) is 6.92 Å². The van der Waals surface area contributed by atoms with Crippen LogP contribution >= 0.6 is 0 Å². The molecule has 1 unspecified atom stereocenters. The topological polar surface area (TPSA) is 64.1 Å². The van der Waals surface area contributed by atoms with E-state index in [-0.39, 0.29) is 11.6 Å². The fourth-order valence-electron chi connectivity index (χ4n) is 2.35. The summed E-state index contributed by atoms with van der Waals surface area (Å²) in [6.45, 7) is 1.34. The summed E-state index contributed by atoms with van der Waals surface area (Å²) < 4.78 is 51.8. The van der Waals surface area contributed by atoms with Crippen LogP contribution in [0, 0.1) is 0 Å². The minimum Gasteiger partial charge on any atom is -0.478 e. The predicted octanol–water partition coefficient (Wildman–Crippen LogP) is 3.08. The summed E-state index contributed by atoms with van der Waals surface area (Å²) in [5.41, 5.74) is 0.714. The van der Waals surface area contributed by atoms with Crippen molar-refractivity contribution in [1.82, 2.24) is 15.0 Å². The number of aromatic nitrogens is 1. The number of aldehydes is 1. The van der Waals surface area contributed by atoms with Crippen molar-refractivity contribution in [3.8, 4) is 11.6 Å². The summed E-state index contributed by atoms with van der Waals surface area (Å²) in [4.78, 5) is 14.9. The van der Waals surface area contributed by atoms with Gasteiger partial charge in [0.2, 0.25) is 0 Å². The molecule has 29 heavy (non-hydrogen) atoms. The highest BCUT2D eigenvalue weighted by molar-refractivity contribution is 5.63. The highest BCUT2D eigenvalue weighted by Gasteiger charge is 2.30. The monoisotopic (exact) mass is 413 g/mol. The Morgan fingerprint density at radius 3 is 2.69 bits per heavy atom. The van der Waals surface area contributed by atoms with Crippen LogP contribution in [0.5, 0.6) is 11.6 Å². The summed E-state index contributed by atoms with van der Waals surface area (Å²) in [5.74, 6) is 0.174. The normalized spacial score (nSPS) is 18.3. The summed E-state index contributed by atoms with van der Waals surface area (Å²) in [7, 11) is 3.44. The molecule has 10 heteroatoms. The quantitative estimate of drug-likeness (QED) is 0.664. The number of methoxy groups -OCH3 is 1. The van der Waals surface area contributed by atoms with E-state index in [0.717, 1.165) is 12.9 Å². The smallest absolute Gasteiger partial charge is 0.422 e. The lowest BCUT2D eigenvalue weighted by Gasteiger charge is -2.28. The molecule has 0 saturated heterocycles. The number of nitrogens with zero attached hydrogens (tertiary/aromatic N) is 3. The highest BCUT2D eigenvalue weighted by Crippen LogP contribution is 2.31. The van der Waals surface area contributed by atoms with Crippen molar-refractivity contribution in [2.75, 3.05) is 27.4 Å². The van der Waals surface area contributed by atoms with Crippen LogP contribution in [0.25, 0.3) is 0 Å². The number of hydrazine groups is 1. The van der Waals surface area contributed by atoms with E-state index in [9.17, 15) is 18.0 Å². The highest BCUT2D eigenvalue weighted by atomic mass is 19.4. The van der Waals surface area contributed by atoms with Gasteiger partial charge in [-0.1, -0.05) is 0 Å². The Hall–Kier alpha value is -2.85. The molecule has 0 radical (unpaired) electrons. The van der Waals surface area contributed by atoms with E-state index in [2.05, 4.69) is 9.72 Å². The minimum atomic E-state index is -4.46. The number of pyridine rings is 1. The molecule has 158 valence electrons. The van der Waals surface area contributed by atoms with Crippen LogP contribution in [0.2, 0.25) is 0 Å². The zero-order valence-electron chi connectivity index (χ0n) is 16.2. The van der Waals surface area contributed by atoms with Gasteiger partial charge in [-0.05, 0) is 31.2 Å². The van der Waals surface area contributed by atoms with Gasteiger partial charge in [0.25, 0.3) is 5.88 Å². The number of allylic oxidation sites excluding steroid dienone is 2. The van der Waals surface area contributed by atoms with E-state index in [1.807, 2.05) is 6.92 Å². The lowest BCUT2D eigenvalue weighted by molar-refractivity contribution is -0.153. The van der Waals surface area contributed by atoms with Gasteiger partial charge in [0.05, 0.1) is 5.70 Å². The van der Waals surface area contributed by atoms with Gasteiger partial charge in [-0.3, -0.25) is 5.01 Å². The molecule has 3 rings (SSSR count). The summed E-state index contributed by atoms with van der Waals surface area (Å²) in [5, 5.41) is 3.48. The Kier molecular flexibility index (Phi) is 7.80. The number of carbonyl (C=O) groups is 1. The third-order valence-electron chi connectivity index (χ3n) is 3.82. The molecule has 1 aromatic rings. The average Bonchev–Trinajstić information content (AvgIpc) is 3.02. The Morgan fingerprint density at radius 1 is 1.34 bits per heavy atom. The van der Waals surface area contributed by atoms with Gasteiger partial charge in [0, 0.05) is 39.2 Å². The second-order valence-corrected chi connectivity index (χ2v) is 5.89. The van der Waals surface area contributed by atoms with Gasteiger partial charge in [-0.25, -0.2) is 9.99 Å². The van der Waals surface area contributed by atoms with Gasteiger partial charge in [-0.2, -0.15) is 13.2 Å². The standard InChI is InChI=1S/C16H14F3N3O3.C3H8O/c1-21-12(9-23)7-11-8-13(4-6-22(11)21)25-15-14(3-2-5-20-15)24-10-16(17,18)19;1-3-4-2/h2-9,12H,10H2,1H3;3H2,1-2H3. The van der Waals surface area contributed by atoms with Crippen LogP contribution in [0.4, 0.5) is 13.2 Å². The van der Waals surface area contributed by atoms with E-state index in [1.54, 1.807) is 48.6 Å². The Labute approximate surface area is 166 Å². The van der Waals surface area contributed by atoms with Crippen molar-refractivity contribution in [2.24, 2.45) is 0 Å². The molecule has 2 aliphatic rings. The molecule has 0 N–H and O–H groups in total. The Bertz CT molecular complexity index is 791. The third-order valence-corrected chi connectivity index (χ3v) is 3.82. The molecule has 0 aromatic carbocycles. The Balaban J connectivity index is 0.000000687. The maximum Gasteiger partial charge on any atom is 0.422 e. The first-order valence-corrected chi connectivity index (χ1v) is 8.69. The molecule has 0 saturated carbocycles.